The number of nitrogens with one attached hydrogen (secondary N) is 4. The average molecular weight is 332 g/mol. The van der Waals surface area contributed by atoms with Gasteiger partial charge in [-0.05, 0) is 23.8 Å². The number of nitrogens with zero attached hydrogens (tertiary/aromatic N) is 4. The van der Waals surface area contributed by atoms with Crippen LogP contribution in [0.4, 0.5) is 5.82 Å². The standard InChI is InChI=1S/C17H16N8/c1-2-13(15-3-4-16(24-23-15)22-11-7-18-8-11)17-14(9-21-25-17)12(1)10-5-19-20-6-10/h1-6,9,11,18H,7-8H2,(H,19,20)(H,21,25)(H,22,24). The molecule has 0 unspecified atom stereocenters. The van der Waals surface area contributed by atoms with Gasteiger partial charge in [-0.3, -0.25) is 10.2 Å². The lowest BCUT2D eigenvalue weighted by molar-refractivity contribution is 0.470. The van der Waals surface area contributed by atoms with Crippen LogP contribution in [0.2, 0.25) is 0 Å². The van der Waals surface area contributed by atoms with Gasteiger partial charge in [-0.25, -0.2) is 0 Å². The summed E-state index contributed by atoms with van der Waals surface area (Å²) in [4.78, 5) is 0. The van der Waals surface area contributed by atoms with Crippen LogP contribution in [0.15, 0.2) is 42.9 Å². The number of fused-ring (bicyclic) bond motifs is 1. The van der Waals surface area contributed by atoms with Gasteiger partial charge in [0.15, 0.2) is 0 Å². The van der Waals surface area contributed by atoms with Crippen LogP contribution in [-0.4, -0.2) is 49.7 Å². The molecule has 0 spiro atoms. The highest BCUT2D eigenvalue weighted by Gasteiger charge is 2.17. The topological polar surface area (TPSA) is 107 Å². The van der Waals surface area contributed by atoms with E-state index < -0.39 is 0 Å². The van der Waals surface area contributed by atoms with Gasteiger partial charge in [-0.2, -0.15) is 10.2 Å². The second kappa shape index (κ2) is 5.67. The molecule has 4 heterocycles. The molecule has 25 heavy (non-hydrogen) atoms. The van der Waals surface area contributed by atoms with Gasteiger partial charge in [0.25, 0.3) is 0 Å². The van der Waals surface area contributed by atoms with Gasteiger partial charge in [0.05, 0.1) is 29.6 Å². The largest absolute Gasteiger partial charge is 0.363 e. The predicted molar refractivity (Wildman–Crippen MR) is 95.0 cm³/mol. The highest BCUT2D eigenvalue weighted by atomic mass is 15.2. The molecule has 8 heteroatoms. The van der Waals surface area contributed by atoms with Gasteiger partial charge in [-0.15, -0.1) is 10.2 Å². The van der Waals surface area contributed by atoms with E-state index in [0.717, 1.165) is 52.2 Å². The zero-order valence-corrected chi connectivity index (χ0v) is 13.3. The van der Waals surface area contributed by atoms with Crippen LogP contribution in [-0.2, 0) is 0 Å². The average Bonchev–Trinajstić information content (AvgIpc) is 3.29. The molecule has 0 atom stereocenters. The van der Waals surface area contributed by atoms with E-state index in [-0.39, 0.29) is 0 Å². The Kier molecular flexibility index (Phi) is 3.20. The number of H-pyrrole nitrogens is 2. The van der Waals surface area contributed by atoms with Gasteiger partial charge >= 0.3 is 0 Å². The number of rotatable bonds is 4. The molecule has 0 bridgehead atoms. The van der Waals surface area contributed by atoms with Gasteiger partial charge < -0.3 is 10.6 Å². The molecule has 0 amide bonds. The van der Waals surface area contributed by atoms with Crippen LogP contribution in [0.1, 0.15) is 0 Å². The molecule has 3 aromatic heterocycles. The Morgan fingerprint density at radius 2 is 1.88 bits per heavy atom. The number of benzene rings is 1. The molecular formula is C17H16N8. The zero-order chi connectivity index (χ0) is 16.6. The Morgan fingerprint density at radius 1 is 0.960 bits per heavy atom. The van der Waals surface area contributed by atoms with Crippen LogP contribution < -0.4 is 10.6 Å². The summed E-state index contributed by atoms with van der Waals surface area (Å²) in [6, 6.07) is 8.48. The number of anilines is 1. The van der Waals surface area contributed by atoms with Crippen molar-refractivity contribution >= 4 is 16.7 Å². The fourth-order valence-corrected chi connectivity index (χ4v) is 3.05. The minimum Gasteiger partial charge on any atom is -0.363 e. The third-order valence-corrected chi connectivity index (χ3v) is 4.50. The first-order valence-electron chi connectivity index (χ1n) is 8.15. The van der Waals surface area contributed by atoms with Crippen molar-refractivity contribution in [2.75, 3.05) is 18.4 Å². The maximum atomic E-state index is 4.38. The highest BCUT2D eigenvalue weighted by molar-refractivity contribution is 6.01. The van der Waals surface area contributed by atoms with Crippen molar-refractivity contribution in [3.8, 4) is 22.4 Å². The molecule has 4 N–H and O–H groups in total. The first kappa shape index (κ1) is 14.1. The first-order valence-corrected chi connectivity index (χ1v) is 8.15. The van der Waals surface area contributed by atoms with E-state index in [2.05, 4.69) is 47.3 Å². The van der Waals surface area contributed by atoms with E-state index in [1.807, 2.05) is 30.6 Å². The van der Waals surface area contributed by atoms with E-state index in [9.17, 15) is 0 Å². The predicted octanol–water partition coefficient (Wildman–Crippen LogP) is 1.79. The van der Waals surface area contributed by atoms with E-state index in [1.54, 1.807) is 6.20 Å². The van der Waals surface area contributed by atoms with Gasteiger partial charge in [0.2, 0.25) is 0 Å². The SMILES string of the molecule is c1n[nH]cc1-c1ccc(-c2ccc(NC3CNC3)nn2)c2[nH]ncc12. The second-order valence-electron chi connectivity index (χ2n) is 6.11. The Morgan fingerprint density at radius 3 is 2.60 bits per heavy atom. The molecule has 4 aromatic rings. The molecule has 0 radical (unpaired) electrons. The molecular weight excluding hydrogens is 316 g/mol. The normalized spacial score (nSPS) is 14.6. The minimum atomic E-state index is 0.439. The highest BCUT2D eigenvalue weighted by Crippen LogP contribution is 2.33. The lowest BCUT2D eigenvalue weighted by Crippen LogP contribution is -2.51. The Hall–Kier alpha value is -3.26. The van der Waals surface area contributed by atoms with Gasteiger partial charge in [-0.1, -0.05) is 6.07 Å². The van der Waals surface area contributed by atoms with Crippen molar-refractivity contribution < 1.29 is 0 Å². The van der Waals surface area contributed by atoms with Crippen LogP contribution in [0, 0.1) is 0 Å². The van der Waals surface area contributed by atoms with Crippen molar-refractivity contribution in [3.63, 3.8) is 0 Å². The summed E-state index contributed by atoms with van der Waals surface area (Å²) in [5.41, 5.74) is 4.83. The van der Waals surface area contributed by atoms with E-state index in [1.165, 1.54) is 0 Å². The third kappa shape index (κ3) is 2.43. The molecule has 124 valence electrons. The number of hydrogen-bond acceptors (Lipinski definition) is 6. The van der Waals surface area contributed by atoms with Crippen LogP contribution in [0.3, 0.4) is 0 Å². The van der Waals surface area contributed by atoms with E-state index in [4.69, 9.17) is 0 Å². The Labute approximate surface area is 143 Å². The van der Waals surface area contributed by atoms with Crippen LogP contribution in [0.25, 0.3) is 33.3 Å². The summed E-state index contributed by atoms with van der Waals surface area (Å²) in [5.74, 6) is 0.797. The molecule has 5 rings (SSSR count). The van der Waals surface area contributed by atoms with Crippen LogP contribution in [0.5, 0.6) is 0 Å². The van der Waals surface area contributed by atoms with Crippen LogP contribution >= 0.6 is 0 Å². The number of aromatic nitrogens is 6. The Bertz CT molecular complexity index is 999. The molecule has 1 saturated heterocycles. The molecule has 1 fully saturated rings. The van der Waals surface area contributed by atoms with Gasteiger partial charge in [0, 0.05) is 35.8 Å². The molecule has 1 aromatic carbocycles. The first-order chi connectivity index (χ1) is 12.4. The van der Waals surface area contributed by atoms with Crippen molar-refractivity contribution in [1.29, 1.82) is 0 Å². The summed E-state index contributed by atoms with van der Waals surface area (Å²) < 4.78 is 0. The summed E-state index contributed by atoms with van der Waals surface area (Å²) in [6.07, 6.45) is 5.50. The minimum absolute atomic E-state index is 0.439. The number of aromatic amines is 2. The molecule has 1 aliphatic rings. The Balaban J connectivity index is 1.52. The summed E-state index contributed by atoms with van der Waals surface area (Å²) in [7, 11) is 0. The quantitative estimate of drug-likeness (QED) is 0.454. The fourth-order valence-electron chi connectivity index (χ4n) is 3.05. The smallest absolute Gasteiger partial charge is 0.148 e. The lowest BCUT2D eigenvalue weighted by atomic mass is 10.0. The molecule has 1 aliphatic heterocycles. The third-order valence-electron chi connectivity index (χ3n) is 4.50. The second-order valence-corrected chi connectivity index (χ2v) is 6.11. The monoisotopic (exact) mass is 332 g/mol. The van der Waals surface area contributed by atoms with Crippen molar-refractivity contribution in [3.05, 3.63) is 42.9 Å². The van der Waals surface area contributed by atoms with E-state index >= 15 is 0 Å². The summed E-state index contributed by atoms with van der Waals surface area (Å²) >= 11 is 0. The molecule has 0 aliphatic carbocycles. The maximum Gasteiger partial charge on any atom is 0.148 e. The maximum absolute atomic E-state index is 4.38. The zero-order valence-electron chi connectivity index (χ0n) is 13.3. The fraction of sp³-hybridized carbons (Fsp3) is 0.176. The summed E-state index contributed by atoms with van der Waals surface area (Å²) in [5, 5.41) is 30.5. The van der Waals surface area contributed by atoms with Crippen molar-refractivity contribution in [1.82, 2.24) is 35.9 Å². The summed E-state index contributed by atoms with van der Waals surface area (Å²) in [6.45, 7) is 1.93. The lowest BCUT2D eigenvalue weighted by Gasteiger charge is -2.28. The van der Waals surface area contributed by atoms with Gasteiger partial charge in [0.1, 0.15) is 5.82 Å². The molecule has 0 saturated carbocycles. The molecule has 8 nitrogen and oxygen atoms in total. The van der Waals surface area contributed by atoms with Crippen molar-refractivity contribution in [2.45, 2.75) is 6.04 Å². The van der Waals surface area contributed by atoms with Crippen molar-refractivity contribution in [2.24, 2.45) is 0 Å². The van der Waals surface area contributed by atoms with E-state index in [0.29, 0.717) is 6.04 Å². The number of hydrogen-bond donors (Lipinski definition) is 4.